The number of ether oxygens (including phenoxy) is 1. The Morgan fingerprint density at radius 1 is 1.58 bits per heavy atom. The number of hydrogen-bond acceptors (Lipinski definition) is 4. The van der Waals surface area contributed by atoms with Gasteiger partial charge in [-0.3, -0.25) is 0 Å². The predicted molar refractivity (Wildman–Crippen MR) is 44.2 cm³/mol. The molecule has 0 aliphatic rings. The van der Waals surface area contributed by atoms with E-state index in [0.717, 1.165) is 0 Å². The average Bonchev–Trinajstić information content (AvgIpc) is 2.04. The second-order valence-corrected chi connectivity index (χ2v) is 2.69. The van der Waals surface area contributed by atoms with Gasteiger partial charge in [0.1, 0.15) is 0 Å². The predicted octanol–water partition coefficient (Wildman–Crippen LogP) is 1.19. The van der Waals surface area contributed by atoms with Crippen LogP contribution < -0.4 is 4.74 Å². The summed E-state index contributed by atoms with van der Waals surface area (Å²) in [6, 6.07) is 1.53. The van der Waals surface area contributed by atoms with Crippen LogP contribution in [-0.4, -0.2) is 22.4 Å². The first-order valence-corrected chi connectivity index (χ1v) is 3.78. The Labute approximate surface area is 75.1 Å². The van der Waals surface area contributed by atoms with Crippen LogP contribution in [0.1, 0.15) is 18.6 Å². The molecule has 1 aromatic heterocycles. The number of rotatable bonds is 2. The van der Waals surface area contributed by atoms with Gasteiger partial charge in [-0.05, 0) is 13.0 Å². The first kappa shape index (κ1) is 9.22. The third-order valence-electron chi connectivity index (χ3n) is 1.40. The molecule has 0 saturated heterocycles. The Bertz CT molecular complexity index is 278. The molecule has 12 heavy (non-hydrogen) atoms. The minimum atomic E-state index is -0.659. The smallest absolute Gasteiger partial charge is 0.239 e. The second kappa shape index (κ2) is 3.69. The van der Waals surface area contributed by atoms with Gasteiger partial charge in [0.05, 0.1) is 13.2 Å². The fourth-order valence-corrected chi connectivity index (χ4v) is 0.983. The van der Waals surface area contributed by atoms with Crippen molar-refractivity contribution in [3.63, 3.8) is 0 Å². The van der Waals surface area contributed by atoms with Gasteiger partial charge in [0.25, 0.3) is 0 Å². The Balaban J connectivity index is 3.12. The van der Waals surface area contributed by atoms with Gasteiger partial charge in [0.2, 0.25) is 5.88 Å². The van der Waals surface area contributed by atoms with Gasteiger partial charge in [-0.2, -0.15) is 0 Å². The molecule has 0 aromatic carbocycles. The highest BCUT2D eigenvalue weighted by Gasteiger charge is 2.10. The lowest BCUT2D eigenvalue weighted by Gasteiger charge is -2.08. The molecule has 0 bridgehead atoms. The van der Waals surface area contributed by atoms with Gasteiger partial charge < -0.3 is 9.84 Å². The van der Waals surface area contributed by atoms with E-state index in [9.17, 15) is 5.11 Å². The number of aromatic nitrogens is 2. The quantitative estimate of drug-likeness (QED) is 0.758. The summed E-state index contributed by atoms with van der Waals surface area (Å²) in [5.41, 5.74) is 0.539. The lowest BCUT2D eigenvalue weighted by atomic mass is 10.2. The molecule has 0 aliphatic heterocycles. The monoisotopic (exact) mass is 188 g/mol. The summed E-state index contributed by atoms with van der Waals surface area (Å²) in [5.74, 6) is 0.300. The molecule has 0 spiro atoms. The molecular formula is C7H9ClN2O2. The van der Waals surface area contributed by atoms with Crippen LogP contribution in [0.15, 0.2) is 6.07 Å². The van der Waals surface area contributed by atoms with Crippen molar-refractivity contribution in [1.29, 1.82) is 0 Å². The van der Waals surface area contributed by atoms with E-state index in [1.165, 1.54) is 13.2 Å². The van der Waals surface area contributed by atoms with Crippen LogP contribution in [0.2, 0.25) is 5.15 Å². The molecule has 1 heterocycles. The minimum absolute atomic E-state index is 0.242. The van der Waals surface area contributed by atoms with Crippen molar-refractivity contribution in [1.82, 2.24) is 10.2 Å². The van der Waals surface area contributed by atoms with Gasteiger partial charge >= 0.3 is 0 Å². The molecule has 1 N–H and O–H groups in total. The van der Waals surface area contributed by atoms with Gasteiger partial charge in [0, 0.05) is 5.56 Å². The number of aliphatic hydroxyl groups excluding tert-OH is 1. The number of hydrogen-bond donors (Lipinski definition) is 1. The molecule has 0 radical (unpaired) electrons. The van der Waals surface area contributed by atoms with Gasteiger partial charge in [-0.25, -0.2) is 0 Å². The van der Waals surface area contributed by atoms with Crippen molar-refractivity contribution >= 4 is 11.6 Å². The number of nitrogens with zero attached hydrogens (tertiary/aromatic N) is 2. The standard InChI is InChI=1S/C7H9ClN2O2/c1-4(11)5-3-6(8)9-10-7(5)12-2/h3-4,11H,1-2H3/t4-/m1/s1. The van der Waals surface area contributed by atoms with E-state index >= 15 is 0 Å². The lowest BCUT2D eigenvalue weighted by Crippen LogP contribution is -2.00. The van der Waals surface area contributed by atoms with E-state index in [2.05, 4.69) is 10.2 Å². The van der Waals surface area contributed by atoms with Gasteiger partial charge in [-0.1, -0.05) is 11.6 Å². The highest BCUT2D eigenvalue weighted by Crippen LogP contribution is 2.23. The Kier molecular flexibility index (Phi) is 2.83. The fraction of sp³-hybridized carbons (Fsp3) is 0.429. The Morgan fingerprint density at radius 3 is 2.75 bits per heavy atom. The maximum atomic E-state index is 9.25. The van der Waals surface area contributed by atoms with E-state index in [1.54, 1.807) is 6.92 Å². The SMILES string of the molecule is COc1nnc(Cl)cc1[C@@H](C)O. The molecule has 4 nitrogen and oxygen atoms in total. The van der Waals surface area contributed by atoms with Crippen LogP contribution in [0.25, 0.3) is 0 Å². The van der Waals surface area contributed by atoms with Crippen molar-refractivity contribution < 1.29 is 9.84 Å². The lowest BCUT2D eigenvalue weighted by molar-refractivity contribution is 0.192. The van der Waals surface area contributed by atoms with E-state index in [4.69, 9.17) is 16.3 Å². The minimum Gasteiger partial charge on any atom is -0.480 e. The molecule has 1 aromatic rings. The van der Waals surface area contributed by atoms with Crippen LogP contribution in [-0.2, 0) is 0 Å². The largest absolute Gasteiger partial charge is 0.480 e. The summed E-state index contributed by atoms with van der Waals surface area (Å²) in [4.78, 5) is 0. The van der Waals surface area contributed by atoms with Gasteiger partial charge in [0.15, 0.2) is 5.15 Å². The Hall–Kier alpha value is -0.870. The number of methoxy groups -OCH3 is 1. The summed E-state index contributed by atoms with van der Waals surface area (Å²) in [7, 11) is 1.46. The molecule has 0 amide bonds. The third-order valence-corrected chi connectivity index (χ3v) is 1.59. The number of aliphatic hydroxyl groups is 1. The first-order valence-electron chi connectivity index (χ1n) is 3.40. The molecule has 0 fully saturated rings. The molecule has 66 valence electrons. The normalized spacial score (nSPS) is 12.7. The van der Waals surface area contributed by atoms with Crippen LogP contribution >= 0.6 is 11.6 Å². The van der Waals surface area contributed by atoms with Crippen molar-refractivity contribution in [2.45, 2.75) is 13.0 Å². The maximum absolute atomic E-state index is 9.25. The zero-order chi connectivity index (χ0) is 9.14. The molecule has 0 unspecified atom stereocenters. The summed E-state index contributed by atoms with van der Waals surface area (Å²) in [5, 5.41) is 16.7. The van der Waals surface area contributed by atoms with Crippen LogP contribution in [0.4, 0.5) is 0 Å². The molecule has 5 heteroatoms. The highest BCUT2D eigenvalue weighted by molar-refractivity contribution is 6.29. The number of halogens is 1. The fourth-order valence-electron chi connectivity index (χ4n) is 0.828. The van der Waals surface area contributed by atoms with Crippen molar-refractivity contribution in [2.24, 2.45) is 0 Å². The summed E-state index contributed by atoms with van der Waals surface area (Å²) in [6.45, 7) is 1.61. The van der Waals surface area contributed by atoms with Crippen LogP contribution in [0, 0.1) is 0 Å². The summed E-state index contributed by atoms with van der Waals surface area (Å²) >= 11 is 5.58. The highest BCUT2D eigenvalue weighted by atomic mass is 35.5. The van der Waals surface area contributed by atoms with Crippen molar-refractivity contribution in [3.05, 3.63) is 16.8 Å². The molecule has 1 rings (SSSR count). The van der Waals surface area contributed by atoms with Crippen molar-refractivity contribution in [2.75, 3.05) is 7.11 Å². The van der Waals surface area contributed by atoms with E-state index in [-0.39, 0.29) is 5.15 Å². The first-order chi connectivity index (χ1) is 5.65. The molecular weight excluding hydrogens is 180 g/mol. The third kappa shape index (κ3) is 1.84. The van der Waals surface area contributed by atoms with Crippen molar-refractivity contribution in [3.8, 4) is 5.88 Å². The van der Waals surface area contributed by atoms with E-state index < -0.39 is 6.10 Å². The maximum Gasteiger partial charge on any atom is 0.239 e. The van der Waals surface area contributed by atoms with Crippen LogP contribution in [0.3, 0.4) is 0 Å². The molecule has 0 aliphatic carbocycles. The molecule has 0 saturated carbocycles. The zero-order valence-electron chi connectivity index (χ0n) is 6.78. The second-order valence-electron chi connectivity index (χ2n) is 2.31. The van der Waals surface area contributed by atoms with E-state index in [1.807, 2.05) is 0 Å². The summed E-state index contributed by atoms with van der Waals surface area (Å²) < 4.78 is 4.87. The van der Waals surface area contributed by atoms with Gasteiger partial charge in [-0.15, -0.1) is 10.2 Å². The topological polar surface area (TPSA) is 55.2 Å². The average molecular weight is 189 g/mol. The Morgan fingerprint density at radius 2 is 2.25 bits per heavy atom. The zero-order valence-corrected chi connectivity index (χ0v) is 7.54. The van der Waals surface area contributed by atoms with Crippen LogP contribution in [0.5, 0.6) is 5.88 Å². The summed E-state index contributed by atoms with van der Waals surface area (Å²) in [6.07, 6.45) is -0.659. The van der Waals surface area contributed by atoms with E-state index in [0.29, 0.717) is 11.4 Å². The molecule has 1 atom stereocenters.